The molecule has 2 N–H and O–H groups in total. The molecule has 0 aliphatic rings. The normalized spacial score (nSPS) is 10.9. The molecule has 0 radical (unpaired) electrons. The van der Waals surface area contributed by atoms with Crippen molar-refractivity contribution in [1.82, 2.24) is 0 Å². The lowest BCUT2D eigenvalue weighted by molar-refractivity contribution is -0.118. The quantitative estimate of drug-likeness (QED) is 0.252. The number of halogens is 2. The highest BCUT2D eigenvalue weighted by atomic mass is 35.5. The zero-order valence-electron chi connectivity index (χ0n) is 20.7. The van der Waals surface area contributed by atoms with Gasteiger partial charge in [0.15, 0.2) is 18.1 Å². The first kappa shape index (κ1) is 27.6. The standard InChI is InChI=1S/C28H25Cl2N3O4/c1-16-6-5-7-24(18(16)3)33-28(35)20(14-31)10-19-11-23(30)27(25(12-19)36-4)37-15-26(34)32-21-9-8-17(2)22(29)13-21/h5-13H,15H2,1-4H3,(H,32,34)(H,33,35)/b20-10-. The highest BCUT2D eigenvalue weighted by Gasteiger charge is 2.16. The molecule has 190 valence electrons. The van der Waals surface area contributed by atoms with E-state index in [1.165, 1.54) is 19.3 Å². The van der Waals surface area contributed by atoms with Gasteiger partial charge in [-0.05, 0) is 79.4 Å². The van der Waals surface area contributed by atoms with Crippen LogP contribution in [0.25, 0.3) is 6.08 Å². The van der Waals surface area contributed by atoms with Crippen LogP contribution in [-0.4, -0.2) is 25.5 Å². The summed E-state index contributed by atoms with van der Waals surface area (Å²) < 4.78 is 11.0. The predicted octanol–water partition coefficient (Wildman–Crippen LogP) is 6.49. The van der Waals surface area contributed by atoms with Gasteiger partial charge < -0.3 is 20.1 Å². The maximum atomic E-state index is 12.7. The smallest absolute Gasteiger partial charge is 0.266 e. The number of nitrogens with zero attached hydrogens (tertiary/aromatic N) is 1. The van der Waals surface area contributed by atoms with Gasteiger partial charge in [-0.15, -0.1) is 0 Å². The van der Waals surface area contributed by atoms with Gasteiger partial charge >= 0.3 is 0 Å². The first-order chi connectivity index (χ1) is 17.6. The molecular weight excluding hydrogens is 513 g/mol. The van der Waals surface area contributed by atoms with Crippen LogP contribution in [0.15, 0.2) is 54.1 Å². The van der Waals surface area contributed by atoms with Crippen molar-refractivity contribution in [3.05, 3.63) is 86.4 Å². The van der Waals surface area contributed by atoms with E-state index in [0.717, 1.165) is 16.7 Å². The molecular formula is C28H25Cl2N3O4. The second kappa shape index (κ2) is 12.3. The fourth-order valence-electron chi connectivity index (χ4n) is 3.36. The van der Waals surface area contributed by atoms with Crippen LogP contribution in [0.4, 0.5) is 11.4 Å². The minimum Gasteiger partial charge on any atom is -0.493 e. The second-order valence-corrected chi connectivity index (χ2v) is 9.02. The average Bonchev–Trinajstić information content (AvgIpc) is 2.86. The van der Waals surface area contributed by atoms with Gasteiger partial charge in [-0.25, -0.2) is 0 Å². The van der Waals surface area contributed by atoms with Gasteiger partial charge in [0.2, 0.25) is 0 Å². The predicted molar refractivity (Wildman–Crippen MR) is 146 cm³/mol. The molecule has 0 saturated carbocycles. The topological polar surface area (TPSA) is 100 Å². The van der Waals surface area contributed by atoms with Crippen LogP contribution in [0.5, 0.6) is 11.5 Å². The minimum atomic E-state index is -0.556. The lowest BCUT2D eigenvalue weighted by atomic mass is 10.1. The SMILES string of the molecule is COc1cc(/C=C(/C#N)C(=O)Nc2cccc(C)c2C)cc(Cl)c1OCC(=O)Nc1ccc(C)c(Cl)c1. The Labute approximate surface area is 225 Å². The van der Waals surface area contributed by atoms with E-state index in [1.807, 2.05) is 39.0 Å². The summed E-state index contributed by atoms with van der Waals surface area (Å²) in [6.45, 7) is 5.35. The first-order valence-corrected chi connectivity index (χ1v) is 11.9. The van der Waals surface area contributed by atoms with Gasteiger partial charge in [0, 0.05) is 16.4 Å². The number of carbonyl (C=O) groups is 2. The number of nitriles is 1. The Morgan fingerprint density at radius 1 is 1.00 bits per heavy atom. The molecule has 9 heteroatoms. The highest BCUT2D eigenvalue weighted by molar-refractivity contribution is 6.32. The van der Waals surface area contributed by atoms with Crippen molar-refractivity contribution in [3.63, 3.8) is 0 Å². The lowest BCUT2D eigenvalue weighted by Gasteiger charge is -2.14. The van der Waals surface area contributed by atoms with Crippen LogP contribution >= 0.6 is 23.2 Å². The summed E-state index contributed by atoms with van der Waals surface area (Å²) in [5.41, 5.74) is 4.30. The van der Waals surface area contributed by atoms with Gasteiger partial charge in [0.1, 0.15) is 11.6 Å². The first-order valence-electron chi connectivity index (χ1n) is 11.2. The number of methoxy groups -OCH3 is 1. The number of aryl methyl sites for hydroxylation is 2. The van der Waals surface area contributed by atoms with Gasteiger partial charge in [-0.3, -0.25) is 9.59 Å². The van der Waals surface area contributed by atoms with Gasteiger partial charge in [-0.1, -0.05) is 41.4 Å². The fourth-order valence-corrected chi connectivity index (χ4v) is 3.81. The molecule has 2 amide bonds. The van der Waals surface area contributed by atoms with Crippen molar-refractivity contribution in [1.29, 1.82) is 5.26 Å². The van der Waals surface area contributed by atoms with Crippen LogP contribution in [0.2, 0.25) is 10.0 Å². The summed E-state index contributed by atoms with van der Waals surface area (Å²) in [6, 6.07) is 15.7. The Morgan fingerprint density at radius 2 is 1.76 bits per heavy atom. The van der Waals surface area contributed by atoms with E-state index in [-0.39, 0.29) is 28.7 Å². The van der Waals surface area contributed by atoms with E-state index in [0.29, 0.717) is 22.0 Å². The Bertz CT molecular complexity index is 1430. The van der Waals surface area contributed by atoms with E-state index in [9.17, 15) is 14.9 Å². The number of ether oxygens (including phenoxy) is 2. The molecule has 0 bridgehead atoms. The van der Waals surface area contributed by atoms with E-state index < -0.39 is 11.8 Å². The molecule has 0 aliphatic carbocycles. The van der Waals surface area contributed by atoms with E-state index in [1.54, 1.807) is 30.3 Å². The maximum Gasteiger partial charge on any atom is 0.266 e. The number of hydrogen-bond donors (Lipinski definition) is 2. The summed E-state index contributed by atoms with van der Waals surface area (Å²) in [5.74, 6) is -0.592. The summed E-state index contributed by atoms with van der Waals surface area (Å²) in [5, 5.41) is 15.7. The molecule has 3 aromatic rings. The van der Waals surface area contributed by atoms with Crippen molar-refractivity contribution >= 4 is 52.5 Å². The Hall–Kier alpha value is -3.99. The van der Waals surface area contributed by atoms with Crippen molar-refractivity contribution in [2.75, 3.05) is 24.4 Å². The molecule has 0 atom stereocenters. The molecule has 0 aromatic heterocycles. The van der Waals surface area contributed by atoms with E-state index in [2.05, 4.69) is 10.6 Å². The molecule has 0 fully saturated rings. The number of amides is 2. The third-order valence-corrected chi connectivity index (χ3v) is 6.27. The molecule has 7 nitrogen and oxygen atoms in total. The van der Waals surface area contributed by atoms with Gasteiger partial charge in [0.05, 0.1) is 12.1 Å². The molecule has 0 unspecified atom stereocenters. The fraction of sp³-hybridized carbons (Fsp3) is 0.179. The van der Waals surface area contributed by atoms with Crippen molar-refractivity contribution in [2.24, 2.45) is 0 Å². The van der Waals surface area contributed by atoms with Crippen LogP contribution in [-0.2, 0) is 9.59 Å². The lowest BCUT2D eigenvalue weighted by Crippen LogP contribution is -2.20. The van der Waals surface area contributed by atoms with E-state index in [4.69, 9.17) is 32.7 Å². The number of carbonyl (C=O) groups excluding carboxylic acids is 2. The monoisotopic (exact) mass is 537 g/mol. The third-order valence-electron chi connectivity index (χ3n) is 5.58. The summed E-state index contributed by atoms with van der Waals surface area (Å²) in [4.78, 5) is 25.1. The molecule has 0 aliphatic heterocycles. The maximum absolute atomic E-state index is 12.7. The molecule has 37 heavy (non-hydrogen) atoms. The largest absolute Gasteiger partial charge is 0.493 e. The third kappa shape index (κ3) is 7.04. The van der Waals surface area contributed by atoms with Gasteiger partial charge in [0.25, 0.3) is 11.8 Å². The summed E-state index contributed by atoms with van der Waals surface area (Å²) in [7, 11) is 1.42. The zero-order chi connectivity index (χ0) is 27.1. The summed E-state index contributed by atoms with van der Waals surface area (Å²) >= 11 is 12.5. The molecule has 3 aromatic carbocycles. The molecule has 0 saturated heterocycles. The Morgan fingerprint density at radius 3 is 2.43 bits per heavy atom. The van der Waals surface area contributed by atoms with Crippen molar-refractivity contribution in [2.45, 2.75) is 20.8 Å². The Balaban J connectivity index is 1.75. The average molecular weight is 538 g/mol. The number of benzene rings is 3. The van der Waals surface area contributed by atoms with Crippen LogP contribution in [0.3, 0.4) is 0 Å². The zero-order valence-corrected chi connectivity index (χ0v) is 22.3. The van der Waals surface area contributed by atoms with Gasteiger partial charge in [-0.2, -0.15) is 5.26 Å². The molecule has 0 spiro atoms. The van der Waals surface area contributed by atoms with Crippen LogP contribution in [0, 0.1) is 32.1 Å². The summed E-state index contributed by atoms with van der Waals surface area (Å²) in [6.07, 6.45) is 1.40. The molecule has 0 heterocycles. The number of anilines is 2. The molecule has 3 rings (SSSR count). The number of hydrogen-bond acceptors (Lipinski definition) is 5. The van der Waals surface area contributed by atoms with Crippen molar-refractivity contribution < 1.29 is 19.1 Å². The van der Waals surface area contributed by atoms with Crippen LogP contribution in [0.1, 0.15) is 22.3 Å². The number of rotatable bonds is 8. The van der Waals surface area contributed by atoms with E-state index >= 15 is 0 Å². The number of nitrogens with one attached hydrogen (secondary N) is 2. The van der Waals surface area contributed by atoms with Crippen molar-refractivity contribution in [3.8, 4) is 17.6 Å². The van der Waals surface area contributed by atoms with Crippen LogP contribution < -0.4 is 20.1 Å². The second-order valence-electron chi connectivity index (χ2n) is 8.21. The Kier molecular flexibility index (Phi) is 9.18. The minimum absolute atomic E-state index is 0.121. The highest BCUT2D eigenvalue weighted by Crippen LogP contribution is 2.37.